The maximum atomic E-state index is 12.6. The second-order valence-electron chi connectivity index (χ2n) is 5.33. The van der Waals surface area contributed by atoms with Gasteiger partial charge in [-0.05, 0) is 36.4 Å². The molecule has 0 amide bonds. The fourth-order valence-corrected chi connectivity index (χ4v) is 4.18. The van der Waals surface area contributed by atoms with Crippen LogP contribution in [-0.4, -0.2) is 15.1 Å². The number of hydrogen-bond acceptors (Lipinski definition) is 6. The summed E-state index contributed by atoms with van der Waals surface area (Å²) in [5.74, 6) is 1.12. The van der Waals surface area contributed by atoms with Crippen molar-refractivity contribution < 1.29 is 17.7 Å². The van der Waals surface area contributed by atoms with Crippen molar-refractivity contribution in [2.45, 2.75) is 16.3 Å². The van der Waals surface area contributed by atoms with Crippen LogP contribution in [0.5, 0.6) is 0 Å². The fourth-order valence-electron chi connectivity index (χ4n) is 2.27. The molecule has 9 heteroatoms. The fraction of sp³-hybridized carbons (Fsp3) is 0.118. The molecule has 0 aliphatic rings. The Kier molecular flexibility index (Phi) is 4.41. The Morgan fingerprint density at radius 2 is 1.77 bits per heavy atom. The molecule has 0 fully saturated rings. The summed E-state index contributed by atoms with van der Waals surface area (Å²) in [7, 11) is 0. The van der Waals surface area contributed by atoms with Crippen molar-refractivity contribution in [3.8, 4) is 11.5 Å². The highest BCUT2D eigenvalue weighted by molar-refractivity contribution is 8.00. The number of alkyl halides is 3. The van der Waals surface area contributed by atoms with Gasteiger partial charge in [-0.3, -0.25) is 0 Å². The van der Waals surface area contributed by atoms with Crippen LogP contribution in [0.2, 0.25) is 0 Å². The zero-order chi connectivity index (χ0) is 18.1. The summed E-state index contributed by atoms with van der Waals surface area (Å²) < 4.78 is 45.0. The van der Waals surface area contributed by atoms with E-state index < -0.39 is 11.7 Å². The molecule has 26 heavy (non-hydrogen) atoms. The molecule has 0 radical (unpaired) electrons. The number of rotatable bonds is 4. The molecule has 4 nitrogen and oxygen atoms in total. The monoisotopic (exact) mass is 393 g/mol. The first-order valence-electron chi connectivity index (χ1n) is 7.47. The van der Waals surface area contributed by atoms with Gasteiger partial charge in [-0.15, -0.1) is 11.3 Å². The first-order valence-corrected chi connectivity index (χ1v) is 9.28. The van der Waals surface area contributed by atoms with Crippen molar-refractivity contribution in [3.05, 3.63) is 59.9 Å². The SMILES string of the molecule is FC(F)(F)c1ccc(-c2nc(CSc3nc4ccccc4s3)no2)cc1. The first-order chi connectivity index (χ1) is 12.5. The van der Waals surface area contributed by atoms with Crippen molar-refractivity contribution in [1.29, 1.82) is 0 Å². The summed E-state index contributed by atoms with van der Waals surface area (Å²) in [5, 5.41) is 3.88. The van der Waals surface area contributed by atoms with Crippen LogP contribution in [0.4, 0.5) is 13.2 Å². The van der Waals surface area contributed by atoms with Crippen LogP contribution in [0.25, 0.3) is 21.7 Å². The molecule has 2 aromatic heterocycles. The third-order valence-electron chi connectivity index (χ3n) is 3.53. The van der Waals surface area contributed by atoms with Crippen LogP contribution < -0.4 is 0 Å². The van der Waals surface area contributed by atoms with Gasteiger partial charge in [-0.25, -0.2) is 4.98 Å². The molecule has 2 heterocycles. The molecule has 132 valence electrons. The Morgan fingerprint density at radius 1 is 1.00 bits per heavy atom. The highest BCUT2D eigenvalue weighted by Crippen LogP contribution is 2.32. The lowest BCUT2D eigenvalue weighted by Gasteiger charge is -2.05. The Labute approximate surface area is 154 Å². The van der Waals surface area contributed by atoms with Gasteiger partial charge in [0, 0.05) is 5.56 Å². The topological polar surface area (TPSA) is 51.8 Å². The van der Waals surface area contributed by atoms with Gasteiger partial charge in [0.2, 0.25) is 0 Å². The molecule has 2 aromatic carbocycles. The number of para-hydroxylation sites is 1. The average molecular weight is 393 g/mol. The van der Waals surface area contributed by atoms with E-state index in [1.165, 1.54) is 23.9 Å². The molecular formula is C17H10F3N3OS2. The maximum Gasteiger partial charge on any atom is 0.416 e. The van der Waals surface area contributed by atoms with Gasteiger partial charge < -0.3 is 4.52 Å². The van der Waals surface area contributed by atoms with E-state index in [1.807, 2.05) is 24.3 Å². The zero-order valence-corrected chi connectivity index (χ0v) is 14.7. The van der Waals surface area contributed by atoms with Crippen LogP contribution in [0.1, 0.15) is 11.4 Å². The third-order valence-corrected chi connectivity index (χ3v) is 5.70. The molecule has 0 unspecified atom stereocenters. The van der Waals surface area contributed by atoms with Crippen LogP contribution in [0.15, 0.2) is 57.4 Å². The first kappa shape index (κ1) is 17.0. The summed E-state index contributed by atoms with van der Waals surface area (Å²) in [6.07, 6.45) is -4.37. The van der Waals surface area contributed by atoms with Gasteiger partial charge >= 0.3 is 6.18 Å². The minimum absolute atomic E-state index is 0.193. The molecule has 0 aliphatic carbocycles. The van der Waals surface area contributed by atoms with Gasteiger partial charge in [-0.2, -0.15) is 18.2 Å². The molecule has 0 saturated heterocycles. The van der Waals surface area contributed by atoms with Gasteiger partial charge in [0.05, 0.1) is 21.5 Å². The molecule has 0 aliphatic heterocycles. The van der Waals surface area contributed by atoms with E-state index in [0.717, 1.165) is 26.7 Å². The molecule has 0 atom stereocenters. The standard InChI is InChI=1S/C17H10F3N3OS2/c18-17(19,20)11-7-5-10(6-8-11)15-22-14(23-24-15)9-25-16-21-12-3-1-2-4-13(12)26-16/h1-8H,9H2. The van der Waals surface area contributed by atoms with Crippen LogP contribution in [0, 0.1) is 0 Å². The average Bonchev–Trinajstić information content (AvgIpc) is 3.26. The Balaban J connectivity index is 1.46. The predicted molar refractivity (Wildman–Crippen MR) is 93.9 cm³/mol. The summed E-state index contributed by atoms with van der Waals surface area (Å²) in [5.41, 5.74) is 0.674. The molecule has 4 aromatic rings. The second-order valence-corrected chi connectivity index (χ2v) is 7.58. The molecule has 0 N–H and O–H groups in total. The summed E-state index contributed by atoms with van der Waals surface area (Å²) >= 11 is 3.07. The summed E-state index contributed by atoms with van der Waals surface area (Å²) in [4.78, 5) is 8.75. The van der Waals surface area contributed by atoms with E-state index in [4.69, 9.17) is 4.52 Å². The van der Waals surface area contributed by atoms with Crippen LogP contribution in [-0.2, 0) is 11.9 Å². The normalized spacial score (nSPS) is 12.0. The molecular weight excluding hydrogens is 383 g/mol. The minimum Gasteiger partial charge on any atom is -0.334 e. The number of thioether (sulfide) groups is 1. The van der Waals surface area contributed by atoms with E-state index in [9.17, 15) is 13.2 Å². The Hall–Kier alpha value is -2.39. The highest BCUT2D eigenvalue weighted by Gasteiger charge is 2.30. The van der Waals surface area contributed by atoms with E-state index in [1.54, 1.807) is 11.3 Å². The number of fused-ring (bicyclic) bond motifs is 1. The number of hydrogen-bond donors (Lipinski definition) is 0. The van der Waals surface area contributed by atoms with Gasteiger partial charge in [-0.1, -0.05) is 29.1 Å². The molecule has 0 bridgehead atoms. The van der Waals surface area contributed by atoms with E-state index in [2.05, 4.69) is 15.1 Å². The minimum atomic E-state index is -4.37. The number of thiazole rings is 1. The Bertz CT molecular complexity index is 1010. The number of halogens is 3. The zero-order valence-electron chi connectivity index (χ0n) is 13.0. The lowest BCUT2D eigenvalue weighted by molar-refractivity contribution is -0.137. The van der Waals surface area contributed by atoms with Gasteiger partial charge in [0.1, 0.15) is 0 Å². The van der Waals surface area contributed by atoms with Crippen molar-refractivity contribution >= 4 is 33.3 Å². The predicted octanol–water partition coefficient (Wildman–Crippen LogP) is 5.66. The molecule has 0 saturated carbocycles. The number of aromatic nitrogens is 3. The summed E-state index contributed by atoms with van der Waals surface area (Å²) in [6, 6.07) is 12.5. The lowest BCUT2D eigenvalue weighted by Crippen LogP contribution is -2.03. The smallest absolute Gasteiger partial charge is 0.334 e. The van der Waals surface area contributed by atoms with Crippen molar-refractivity contribution in [2.75, 3.05) is 0 Å². The van der Waals surface area contributed by atoms with Crippen molar-refractivity contribution in [1.82, 2.24) is 15.1 Å². The van der Waals surface area contributed by atoms with E-state index >= 15 is 0 Å². The number of nitrogens with zero attached hydrogens (tertiary/aromatic N) is 3. The Morgan fingerprint density at radius 3 is 2.50 bits per heavy atom. The van der Waals surface area contributed by atoms with Crippen LogP contribution >= 0.6 is 23.1 Å². The molecule has 0 spiro atoms. The quantitative estimate of drug-likeness (QED) is 0.419. The van der Waals surface area contributed by atoms with E-state index in [-0.39, 0.29) is 5.89 Å². The number of benzene rings is 2. The largest absolute Gasteiger partial charge is 0.416 e. The van der Waals surface area contributed by atoms with Crippen molar-refractivity contribution in [3.63, 3.8) is 0 Å². The lowest BCUT2D eigenvalue weighted by atomic mass is 10.1. The van der Waals surface area contributed by atoms with Gasteiger partial charge in [0.15, 0.2) is 10.2 Å². The maximum absolute atomic E-state index is 12.6. The van der Waals surface area contributed by atoms with Crippen LogP contribution in [0.3, 0.4) is 0 Å². The van der Waals surface area contributed by atoms with Crippen molar-refractivity contribution in [2.24, 2.45) is 0 Å². The molecule has 4 rings (SSSR count). The van der Waals surface area contributed by atoms with Gasteiger partial charge in [0.25, 0.3) is 5.89 Å². The third kappa shape index (κ3) is 3.58. The highest BCUT2D eigenvalue weighted by atomic mass is 32.2. The van der Waals surface area contributed by atoms with E-state index in [0.29, 0.717) is 17.1 Å². The summed E-state index contributed by atoms with van der Waals surface area (Å²) in [6.45, 7) is 0. The second kappa shape index (κ2) is 6.73.